The van der Waals surface area contributed by atoms with Gasteiger partial charge >= 0.3 is 83.6 Å². The molecule has 0 aliphatic carbocycles. The molecule has 60 heavy (non-hydrogen) atoms. The van der Waals surface area contributed by atoms with Gasteiger partial charge in [0.1, 0.15) is 0 Å². The monoisotopic (exact) mass is 850 g/mol. The molecule has 0 saturated carbocycles. The lowest BCUT2D eigenvalue weighted by Gasteiger charge is -2.07. The molecule has 24 nitrogen and oxygen atoms in total. The number of carboxylic acid groups (broad SMARTS) is 6. The summed E-state index contributed by atoms with van der Waals surface area (Å²) in [6.45, 7) is 0. The zero-order valence-corrected chi connectivity index (χ0v) is 30.7. The van der Waals surface area contributed by atoms with Crippen LogP contribution in [0.5, 0.6) is 0 Å². The van der Waals surface area contributed by atoms with E-state index in [9.17, 15) is 67.1 Å². The zero-order valence-electron chi connectivity index (χ0n) is 30.7. The van der Waals surface area contributed by atoms with Crippen LogP contribution in [0.25, 0.3) is 0 Å². The summed E-state index contributed by atoms with van der Waals surface area (Å²) in [4.78, 5) is 154. The summed E-state index contributed by atoms with van der Waals surface area (Å²) in [5, 5.41) is 49.7. The van der Waals surface area contributed by atoms with Crippen molar-refractivity contribution < 1.29 is 117 Å². The molecule has 0 radical (unpaired) electrons. The van der Waals surface area contributed by atoms with Crippen LogP contribution in [0.3, 0.4) is 0 Å². The van der Waals surface area contributed by atoms with Gasteiger partial charge in [-0.3, -0.25) is 47.9 Å². The number of hydrogen-bond donors (Lipinski definition) is 6. The second kappa shape index (κ2) is 27.4. The average Bonchev–Trinajstić information content (AvgIpc) is 3.17. The Hall–Kier alpha value is -8.18. The van der Waals surface area contributed by atoms with Crippen LogP contribution < -0.4 is 0 Å². The summed E-state index contributed by atoms with van der Waals surface area (Å²) < 4.78 is 17.8. The Morgan fingerprint density at radius 1 is 0.283 bits per heavy atom. The molecule has 2 rings (SSSR count). The Bertz CT molecular complexity index is 1720. The maximum Gasteiger partial charge on any atom is 0.346 e. The topological polar surface area (TPSA) is 397 Å². The Kier molecular flexibility index (Phi) is 23.7. The second-order valence-electron chi connectivity index (χ2n) is 11.0. The summed E-state index contributed by atoms with van der Waals surface area (Å²) in [5.41, 5.74) is -1.47. The lowest BCUT2D eigenvalue weighted by Crippen LogP contribution is -2.19. The smallest absolute Gasteiger partial charge is 0.346 e. The fourth-order valence-electron chi connectivity index (χ4n) is 3.57. The lowest BCUT2D eigenvalue weighted by molar-refractivity contribution is -0.144. The first kappa shape index (κ1) is 51.8. The third kappa shape index (κ3) is 23.7. The predicted molar refractivity (Wildman–Crippen MR) is 187 cm³/mol. The van der Waals surface area contributed by atoms with Crippen molar-refractivity contribution in [2.75, 3.05) is 0 Å². The Labute approximate surface area is 335 Å². The lowest BCUT2D eigenvalue weighted by atomic mass is 10.1. The standard InChI is InChI=1S/2C16H14O10.C4H6O4/c2*17-11(18)5-7-13(21)25-15(23)9-3-1-2-4-10(9)16(24)26-14(22)8-6-12(19)20;5-3(6)1-2-4(7)8/h2*1-4H,5-8H2,(H,17,18)(H,19,20);1-2H2,(H,5,6)(H,7,8). The summed E-state index contributed by atoms with van der Waals surface area (Å²) in [6.07, 6.45) is -4.89. The van der Waals surface area contributed by atoms with Gasteiger partial charge in [-0.05, 0) is 24.3 Å². The molecule has 0 amide bonds. The molecule has 0 heterocycles. The third-order valence-electron chi connectivity index (χ3n) is 6.28. The number of carboxylic acids is 6. The minimum absolute atomic E-state index is 0.296. The first-order valence-electron chi connectivity index (χ1n) is 16.5. The molecule has 0 aliphatic rings. The summed E-state index contributed by atoms with van der Waals surface area (Å²) >= 11 is 0. The molecular weight excluding hydrogens is 816 g/mol. The number of carbonyl (C=O) groups is 14. The van der Waals surface area contributed by atoms with Crippen molar-refractivity contribution >= 4 is 83.6 Å². The number of ether oxygens (including phenoxy) is 4. The molecule has 2 aromatic rings. The molecule has 0 fully saturated rings. The van der Waals surface area contributed by atoms with Crippen LogP contribution in [0.2, 0.25) is 0 Å². The molecule has 0 unspecified atom stereocenters. The van der Waals surface area contributed by atoms with Gasteiger partial charge in [-0.15, -0.1) is 0 Å². The van der Waals surface area contributed by atoms with Gasteiger partial charge in [0.25, 0.3) is 0 Å². The summed E-state index contributed by atoms with van der Waals surface area (Å²) in [6, 6.07) is 10.0. The molecule has 0 saturated heterocycles. The van der Waals surface area contributed by atoms with E-state index in [1.54, 1.807) is 0 Å². The molecule has 0 atom stereocenters. The fourth-order valence-corrected chi connectivity index (χ4v) is 3.57. The molecule has 6 N–H and O–H groups in total. The van der Waals surface area contributed by atoms with Crippen molar-refractivity contribution in [2.45, 2.75) is 64.2 Å². The highest BCUT2D eigenvalue weighted by molar-refractivity contribution is 6.09. The van der Waals surface area contributed by atoms with Gasteiger partial charge in [-0.2, -0.15) is 0 Å². The van der Waals surface area contributed by atoms with Gasteiger partial charge in [0.05, 0.1) is 86.5 Å². The van der Waals surface area contributed by atoms with Gasteiger partial charge in [-0.1, -0.05) is 24.3 Å². The van der Waals surface area contributed by atoms with E-state index in [2.05, 4.69) is 18.9 Å². The van der Waals surface area contributed by atoms with Crippen LogP contribution in [-0.2, 0) is 66.9 Å². The molecule has 0 aromatic heterocycles. The van der Waals surface area contributed by atoms with Crippen LogP contribution >= 0.6 is 0 Å². The van der Waals surface area contributed by atoms with Crippen molar-refractivity contribution in [1.82, 2.24) is 0 Å². The average molecular weight is 851 g/mol. The molecular formula is C36H34O24. The van der Waals surface area contributed by atoms with Crippen molar-refractivity contribution in [1.29, 1.82) is 0 Å². The third-order valence-corrected chi connectivity index (χ3v) is 6.28. The van der Waals surface area contributed by atoms with E-state index in [-0.39, 0.29) is 35.1 Å². The van der Waals surface area contributed by atoms with Crippen molar-refractivity contribution in [3.8, 4) is 0 Å². The molecule has 2 aromatic carbocycles. The van der Waals surface area contributed by atoms with Crippen molar-refractivity contribution in [2.24, 2.45) is 0 Å². The zero-order chi connectivity index (χ0) is 45.9. The largest absolute Gasteiger partial charge is 0.481 e. The molecule has 322 valence electrons. The van der Waals surface area contributed by atoms with E-state index in [0.29, 0.717) is 0 Å². The van der Waals surface area contributed by atoms with Gasteiger partial charge < -0.3 is 49.6 Å². The quantitative estimate of drug-likeness (QED) is 0.0662. The number of hydrogen-bond acceptors (Lipinski definition) is 18. The van der Waals surface area contributed by atoms with E-state index in [1.165, 1.54) is 24.3 Å². The summed E-state index contributed by atoms with van der Waals surface area (Å²) in [7, 11) is 0. The van der Waals surface area contributed by atoms with Crippen LogP contribution in [-0.4, -0.2) is 114 Å². The number of benzene rings is 2. The number of aliphatic carboxylic acids is 6. The minimum atomic E-state index is -1.25. The van der Waals surface area contributed by atoms with Gasteiger partial charge in [0, 0.05) is 0 Å². The van der Waals surface area contributed by atoms with Gasteiger partial charge in [0.15, 0.2) is 0 Å². The van der Waals surface area contributed by atoms with Crippen LogP contribution in [0.4, 0.5) is 0 Å². The van der Waals surface area contributed by atoms with E-state index in [1.807, 2.05) is 0 Å². The first-order chi connectivity index (χ1) is 28.0. The van der Waals surface area contributed by atoms with Gasteiger partial charge in [-0.25, -0.2) is 19.2 Å². The molecule has 0 spiro atoms. The molecule has 24 heteroatoms. The van der Waals surface area contributed by atoms with Crippen molar-refractivity contribution in [3.05, 3.63) is 70.8 Å². The van der Waals surface area contributed by atoms with Crippen LogP contribution in [0.1, 0.15) is 106 Å². The van der Waals surface area contributed by atoms with Crippen LogP contribution in [0, 0.1) is 0 Å². The maximum atomic E-state index is 12.0. The van der Waals surface area contributed by atoms with Crippen molar-refractivity contribution in [3.63, 3.8) is 0 Å². The normalized spacial score (nSPS) is 9.67. The number of rotatable bonds is 19. The Morgan fingerprint density at radius 3 is 0.583 bits per heavy atom. The van der Waals surface area contributed by atoms with E-state index in [0.717, 1.165) is 24.3 Å². The fraction of sp³-hybridized carbons (Fsp3) is 0.278. The predicted octanol–water partition coefficient (Wildman–Crippen LogP) is 1.50. The maximum absolute atomic E-state index is 12.0. The Balaban J connectivity index is 0.000000982. The number of carbonyl (C=O) groups excluding carboxylic acids is 8. The number of esters is 8. The highest BCUT2D eigenvalue weighted by Crippen LogP contribution is 2.15. The molecule has 0 bridgehead atoms. The van der Waals surface area contributed by atoms with E-state index in [4.69, 9.17) is 30.6 Å². The first-order valence-corrected chi connectivity index (χ1v) is 16.5. The Morgan fingerprint density at radius 2 is 0.433 bits per heavy atom. The SMILES string of the molecule is O=C(O)CCC(=O)O.O=C(O)CCC(=O)OC(=O)c1ccccc1C(=O)OC(=O)CCC(=O)O.O=C(O)CCC(=O)OC(=O)c1ccccc1C(=O)OC(=O)CCC(=O)O. The molecule has 0 aliphatic heterocycles. The van der Waals surface area contributed by atoms with Crippen LogP contribution in [0.15, 0.2) is 48.5 Å². The second-order valence-corrected chi connectivity index (χ2v) is 11.0. The minimum Gasteiger partial charge on any atom is -0.481 e. The van der Waals surface area contributed by atoms with E-state index < -0.39 is 135 Å². The highest BCUT2D eigenvalue weighted by Gasteiger charge is 2.25. The highest BCUT2D eigenvalue weighted by atomic mass is 16.6. The van der Waals surface area contributed by atoms with Gasteiger partial charge in [0.2, 0.25) is 0 Å². The van der Waals surface area contributed by atoms with E-state index >= 15 is 0 Å². The summed E-state index contributed by atoms with van der Waals surface area (Å²) in [5.74, 6) is -16.4.